The van der Waals surface area contributed by atoms with Gasteiger partial charge >= 0.3 is 12.2 Å². The molecule has 0 aromatic carbocycles. The van der Waals surface area contributed by atoms with Crippen molar-refractivity contribution in [2.24, 2.45) is 5.84 Å². The summed E-state index contributed by atoms with van der Waals surface area (Å²) in [4.78, 5) is 11.6. The molecule has 1 aromatic heterocycles. The van der Waals surface area contributed by atoms with Crippen molar-refractivity contribution in [3.63, 3.8) is 0 Å². The Morgan fingerprint density at radius 2 is 2.20 bits per heavy atom. The molecule has 1 atom stereocenters. The molecule has 1 aliphatic heterocycles. The van der Waals surface area contributed by atoms with Gasteiger partial charge in [-0.3, -0.25) is 11.2 Å². The molecule has 7 nitrogen and oxygen atoms in total. The lowest BCUT2D eigenvalue weighted by atomic mass is 10.1. The molecule has 4 N–H and O–H groups in total. The number of hydrogen-bond donors (Lipinski definition) is 3. The molecule has 1 aliphatic rings. The van der Waals surface area contributed by atoms with Crippen LogP contribution in [-0.4, -0.2) is 40.4 Å². The van der Waals surface area contributed by atoms with Crippen molar-refractivity contribution >= 4 is 22.5 Å². The minimum Gasteiger partial charge on any atom is -0.334 e. The zero-order valence-electron chi connectivity index (χ0n) is 10.3. The van der Waals surface area contributed by atoms with Crippen LogP contribution in [0.3, 0.4) is 0 Å². The van der Waals surface area contributed by atoms with Gasteiger partial charge < -0.3 is 5.32 Å². The maximum absolute atomic E-state index is 12.3. The van der Waals surface area contributed by atoms with E-state index in [2.05, 4.69) is 20.8 Å². The number of nitrogens with zero attached hydrogens (tertiary/aromatic N) is 3. The number of urea groups is 1. The molecule has 2 heterocycles. The number of piperidine rings is 1. The second kappa shape index (κ2) is 5.89. The first kappa shape index (κ1) is 14.9. The molecule has 1 aromatic rings. The van der Waals surface area contributed by atoms with Crippen molar-refractivity contribution in [1.82, 2.24) is 20.5 Å². The number of nitrogens with one attached hydrogen (secondary N) is 2. The SMILES string of the molecule is NN1CCC[C@@H](NC(=O)Nc2nnc(C(F)(F)F)s2)C1. The molecule has 2 rings (SSSR count). The Bertz CT molecular complexity index is 478. The highest BCUT2D eigenvalue weighted by molar-refractivity contribution is 7.15. The molecule has 1 fully saturated rings. The molecule has 0 radical (unpaired) electrons. The summed E-state index contributed by atoms with van der Waals surface area (Å²) in [7, 11) is 0. The summed E-state index contributed by atoms with van der Waals surface area (Å²) in [6.07, 6.45) is -2.94. The molecule has 11 heteroatoms. The Balaban J connectivity index is 1.86. The van der Waals surface area contributed by atoms with Gasteiger partial charge in [0.15, 0.2) is 0 Å². The highest BCUT2D eigenvalue weighted by atomic mass is 32.1. The van der Waals surface area contributed by atoms with E-state index in [0.717, 1.165) is 19.4 Å². The quantitative estimate of drug-likeness (QED) is 0.709. The standard InChI is InChI=1S/C9H13F3N6OS/c10-9(11,12)6-16-17-8(20-6)15-7(19)14-5-2-1-3-18(13)4-5/h5H,1-4,13H2,(H2,14,15,17,19)/t5-/m1/s1. The number of anilines is 1. The molecule has 2 amide bonds. The number of hydrogen-bond acceptors (Lipinski definition) is 6. The molecule has 0 unspecified atom stereocenters. The van der Waals surface area contributed by atoms with Crippen LogP contribution in [0.5, 0.6) is 0 Å². The van der Waals surface area contributed by atoms with Gasteiger partial charge in [0.1, 0.15) is 0 Å². The molecule has 0 bridgehead atoms. The fourth-order valence-electron chi connectivity index (χ4n) is 1.83. The normalized spacial score (nSPS) is 20.7. The minimum atomic E-state index is -4.56. The van der Waals surface area contributed by atoms with Gasteiger partial charge in [-0.2, -0.15) is 13.2 Å². The molecule has 0 saturated carbocycles. The minimum absolute atomic E-state index is 0.135. The van der Waals surface area contributed by atoms with E-state index < -0.39 is 17.2 Å². The summed E-state index contributed by atoms with van der Waals surface area (Å²) in [5, 5.41) is 11.4. The van der Waals surface area contributed by atoms with Gasteiger partial charge in [-0.05, 0) is 12.8 Å². The second-order valence-electron chi connectivity index (χ2n) is 4.34. The summed E-state index contributed by atoms with van der Waals surface area (Å²) in [6, 6.07) is -0.751. The van der Waals surface area contributed by atoms with Gasteiger partial charge in [-0.25, -0.2) is 9.80 Å². The summed E-state index contributed by atoms with van der Waals surface area (Å²) in [6.45, 7) is 1.25. The summed E-state index contributed by atoms with van der Waals surface area (Å²) in [5.41, 5.74) is 0. The van der Waals surface area contributed by atoms with Crippen LogP contribution >= 0.6 is 11.3 Å². The third-order valence-electron chi connectivity index (χ3n) is 2.68. The summed E-state index contributed by atoms with van der Waals surface area (Å²) < 4.78 is 36.9. The topological polar surface area (TPSA) is 96.2 Å². The monoisotopic (exact) mass is 310 g/mol. The van der Waals surface area contributed by atoms with E-state index in [1.807, 2.05) is 0 Å². The molecule has 20 heavy (non-hydrogen) atoms. The van der Waals surface area contributed by atoms with Crippen molar-refractivity contribution in [3.8, 4) is 0 Å². The molecular weight excluding hydrogens is 297 g/mol. The maximum Gasteiger partial charge on any atom is 0.445 e. The third kappa shape index (κ3) is 4.02. The molecular formula is C9H13F3N6OS. The lowest BCUT2D eigenvalue weighted by Crippen LogP contribution is -2.51. The Morgan fingerprint density at radius 3 is 2.80 bits per heavy atom. The van der Waals surface area contributed by atoms with E-state index in [0.29, 0.717) is 6.54 Å². The maximum atomic E-state index is 12.3. The number of alkyl halides is 3. The Labute approximate surface area is 116 Å². The molecule has 112 valence electrons. The van der Waals surface area contributed by atoms with Crippen LogP contribution in [0.15, 0.2) is 0 Å². The number of carbonyl (C=O) groups excluding carboxylic acids is 1. The summed E-state index contributed by atoms with van der Waals surface area (Å²) in [5.74, 6) is 5.62. The van der Waals surface area contributed by atoms with E-state index in [9.17, 15) is 18.0 Å². The van der Waals surface area contributed by atoms with Crippen LogP contribution in [0.2, 0.25) is 0 Å². The number of amides is 2. The zero-order chi connectivity index (χ0) is 14.8. The second-order valence-corrected chi connectivity index (χ2v) is 5.32. The van der Waals surface area contributed by atoms with Gasteiger partial charge in [0.2, 0.25) is 10.1 Å². The fourth-order valence-corrected chi connectivity index (χ4v) is 2.44. The van der Waals surface area contributed by atoms with Gasteiger partial charge in [-0.15, -0.1) is 10.2 Å². The first-order valence-electron chi connectivity index (χ1n) is 5.82. The lowest BCUT2D eigenvalue weighted by Gasteiger charge is -2.29. The number of halogens is 3. The predicted octanol–water partition coefficient (Wildman–Crippen LogP) is 1.02. The largest absolute Gasteiger partial charge is 0.445 e. The van der Waals surface area contributed by atoms with E-state index in [1.54, 1.807) is 5.01 Å². The van der Waals surface area contributed by atoms with Crippen molar-refractivity contribution < 1.29 is 18.0 Å². The zero-order valence-corrected chi connectivity index (χ0v) is 11.1. The highest BCUT2D eigenvalue weighted by Gasteiger charge is 2.35. The van der Waals surface area contributed by atoms with Gasteiger partial charge in [0, 0.05) is 19.1 Å². The number of hydrazine groups is 1. The third-order valence-corrected chi connectivity index (χ3v) is 3.56. The smallest absolute Gasteiger partial charge is 0.334 e. The predicted molar refractivity (Wildman–Crippen MR) is 65.8 cm³/mol. The van der Waals surface area contributed by atoms with Crippen molar-refractivity contribution in [2.45, 2.75) is 25.1 Å². The van der Waals surface area contributed by atoms with Gasteiger partial charge in [0.05, 0.1) is 0 Å². The van der Waals surface area contributed by atoms with E-state index in [4.69, 9.17) is 5.84 Å². The number of rotatable bonds is 2. The molecule has 1 saturated heterocycles. The van der Waals surface area contributed by atoms with E-state index >= 15 is 0 Å². The number of aromatic nitrogens is 2. The average Bonchev–Trinajstić information content (AvgIpc) is 2.76. The van der Waals surface area contributed by atoms with Crippen LogP contribution in [-0.2, 0) is 6.18 Å². The van der Waals surface area contributed by atoms with Crippen molar-refractivity contribution in [1.29, 1.82) is 0 Å². The summed E-state index contributed by atoms with van der Waals surface area (Å²) >= 11 is 0.276. The average molecular weight is 310 g/mol. The van der Waals surface area contributed by atoms with E-state index in [1.165, 1.54) is 0 Å². The van der Waals surface area contributed by atoms with Gasteiger partial charge in [-0.1, -0.05) is 11.3 Å². The number of nitrogens with two attached hydrogens (primary N) is 1. The van der Waals surface area contributed by atoms with Gasteiger partial charge in [0.25, 0.3) is 0 Å². The van der Waals surface area contributed by atoms with Crippen LogP contribution in [0.25, 0.3) is 0 Å². The lowest BCUT2D eigenvalue weighted by molar-refractivity contribution is -0.138. The fraction of sp³-hybridized carbons (Fsp3) is 0.667. The Hall–Kier alpha value is -1.46. The van der Waals surface area contributed by atoms with Crippen LogP contribution in [0.1, 0.15) is 17.8 Å². The van der Waals surface area contributed by atoms with Crippen LogP contribution in [0, 0.1) is 0 Å². The number of carbonyl (C=O) groups is 1. The first-order valence-corrected chi connectivity index (χ1v) is 6.64. The first-order chi connectivity index (χ1) is 9.34. The van der Waals surface area contributed by atoms with Crippen LogP contribution in [0.4, 0.5) is 23.1 Å². The highest BCUT2D eigenvalue weighted by Crippen LogP contribution is 2.32. The Morgan fingerprint density at radius 1 is 1.45 bits per heavy atom. The van der Waals surface area contributed by atoms with Crippen molar-refractivity contribution in [2.75, 3.05) is 18.4 Å². The molecule has 0 aliphatic carbocycles. The molecule has 0 spiro atoms. The van der Waals surface area contributed by atoms with Crippen LogP contribution < -0.4 is 16.5 Å². The van der Waals surface area contributed by atoms with E-state index in [-0.39, 0.29) is 22.5 Å². The Kier molecular flexibility index (Phi) is 4.40. The van der Waals surface area contributed by atoms with Crippen molar-refractivity contribution in [3.05, 3.63) is 5.01 Å².